The summed E-state index contributed by atoms with van der Waals surface area (Å²) >= 11 is 12.0. The molecule has 0 amide bonds. The van der Waals surface area contributed by atoms with Crippen LogP contribution in [0.1, 0.15) is 0 Å². The molecule has 2 N–H and O–H groups in total. The zero-order chi connectivity index (χ0) is 16.9. The quantitative estimate of drug-likeness (QED) is 0.687. The van der Waals surface area contributed by atoms with Crippen LogP contribution < -0.4 is 15.4 Å². The Hall–Kier alpha value is -2.57. The van der Waals surface area contributed by atoms with Gasteiger partial charge in [-0.1, -0.05) is 23.2 Å². The van der Waals surface area contributed by atoms with Gasteiger partial charge in [0.15, 0.2) is 5.82 Å². The Bertz CT molecular complexity index is 822. The van der Waals surface area contributed by atoms with Crippen LogP contribution in [0.4, 0.5) is 23.1 Å². The smallest absolute Gasteiger partial charge is 0.249 e. The second-order valence-corrected chi connectivity index (χ2v) is 5.67. The number of nitrogens with one attached hydrogen (secondary N) is 2. The first kappa shape index (κ1) is 16.3. The number of aromatic nitrogens is 3. The summed E-state index contributed by atoms with van der Waals surface area (Å²) in [6.45, 7) is 0. The summed E-state index contributed by atoms with van der Waals surface area (Å²) in [5.74, 6) is 1.64. The summed E-state index contributed by atoms with van der Waals surface area (Å²) in [6, 6.07) is 12.5. The third kappa shape index (κ3) is 4.24. The van der Waals surface area contributed by atoms with Crippen molar-refractivity contribution in [2.24, 2.45) is 0 Å². The minimum atomic E-state index is 0.360. The summed E-state index contributed by atoms with van der Waals surface area (Å²) < 4.78 is 5.12. The Labute approximate surface area is 148 Å². The molecule has 1 heterocycles. The largest absolute Gasteiger partial charge is 0.497 e. The summed E-state index contributed by atoms with van der Waals surface area (Å²) in [4.78, 5) is 4.35. The van der Waals surface area contributed by atoms with Crippen molar-refractivity contribution in [3.8, 4) is 5.75 Å². The van der Waals surface area contributed by atoms with E-state index in [1.54, 1.807) is 25.3 Å². The molecule has 0 aliphatic rings. The maximum Gasteiger partial charge on any atom is 0.249 e. The molecule has 0 radical (unpaired) electrons. The zero-order valence-electron chi connectivity index (χ0n) is 12.6. The molecule has 0 bridgehead atoms. The number of anilines is 4. The maximum atomic E-state index is 5.98. The predicted molar refractivity (Wildman–Crippen MR) is 95.8 cm³/mol. The lowest BCUT2D eigenvalue weighted by atomic mass is 10.3. The van der Waals surface area contributed by atoms with Crippen molar-refractivity contribution in [2.45, 2.75) is 0 Å². The molecule has 3 rings (SSSR count). The van der Waals surface area contributed by atoms with E-state index in [9.17, 15) is 0 Å². The summed E-state index contributed by atoms with van der Waals surface area (Å²) in [5, 5.41) is 15.1. The van der Waals surface area contributed by atoms with E-state index in [1.807, 2.05) is 24.3 Å². The lowest BCUT2D eigenvalue weighted by Crippen LogP contribution is -2.02. The van der Waals surface area contributed by atoms with E-state index in [0.29, 0.717) is 27.5 Å². The lowest BCUT2D eigenvalue weighted by Gasteiger charge is -2.09. The minimum Gasteiger partial charge on any atom is -0.497 e. The molecule has 8 heteroatoms. The molecule has 0 unspecified atom stereocenters. The monoisotopic (exact) mass is 361 g/mol. The van der Waals surface area contributed by atoms with E-state index in [4.69, 9.17) is 27.9 Å². The van der Waals surface area contributed by atoms with Gasteiger partial charge in [0.05, 0.1) is 13.3 Å². The predicted octanol–water partition coefficient (Wildman–Crippen LogP) is 4.67. The highest BCUT2D eigenvalue weighted by Crippen LogP contribution is 2.25. The van der Waals surface area contributed by atoms with Crippen LogP contribution in [-0.4, -0.2) is 22.3 Å². The Morgan fingerprint density at radius 1 is 0.917 bits per heavy atom. The Morgan fingerprint density at radius 2 is 1.62 bits per heavy atom. The Balaban J connectivity index is 1.75. The highest BCUT2D eigenvalue weighted by Gasteiger charge is 2.04. The minimum absolute atomic E-state index is 0.360. The van der Waals surface area contributed by atoms with Crippen LogP contribution in [0.5, 0.6) is 5.75 Å². The lowest BCUT2D eigenvalue weighted by molar-refractivity contribution is 0.415. The fourth-order valence-electron chi connectivity index (χ4n) is 1.99. The van der Waals surface area contributed by atoms with Gasteiger partial charge in [-0.2, -0.15) is 10.1 Å². The van der Waals surface area contributed by atoms with E-state index in [2.05, 4.69) is 25.8 Å². The number of hydrogen-bond donors (Lipinski definition) is 2. The van der Waals surface area contributed by atoms with Gasteiger partial charge in [-0.3, -0.25) is 0 Å². The number of halogens is 2. The van der Waals surface area contributed by atoms with Gasteiger partial charge in [0, 0.05) is 21.4 Å². The summed E-state index contributed by atoms with van der Waals surface area (Å²) in [6.07, 6.45) is 1.51. The maximum absolute atomic E-state index is 5.98. The summed E-state index contributed by atoms with van der Waals surface area (Å²) in [5.41, 5.74) is 1.53. The van der Waals surface area contributed by atoms with Gasteiger partial charge in [0.25, 0.3) is 0 Å². The average molecular weight is 362 g/mol. The number of benzene rings is 2. The Kier molecular flexibility index (Phi) is 4.98. The van der Waals surface area contributed by atoms with Gasteiger partial charge < -0.3 is 15.4 Å². The van der Waals surface area contributed by atoms with Crippen LogP contribution in [0.25, 0.3) is 0 Å². The molecular formula is C16H13Cl2N5O. The van der Waals surface area contributed by atoms with Crippen LogP contribution in [0.3, 0.4) is 0 Å². The summed E-state index contributed by atoms with van der Waals surface area (Å²) in [7, 11) is 1.62. The van der Waals surface area contributed by atoms with Crippen molar-refractivity contribution in [2.75, 3.05) is 17.7 Å². The molecule has 24 heavy (non-hydrogen) atoms. The van der Waals surface area contributed by atoms with Crippen LogP contribution >= 0.6 is 23.2 Å². The molecule has 1 aromatic heterocycles. The molecular weight excluding hydrogens is 349 g/mol. The van der Waals surface area contributed by atoms with Crippen molar-refractivity contribution < 1.29 is 4.74 Å². The molecule has 0 aliphatic carbocycles. The van der Waals surface area contributed by atoms with Crippen LogP contribution in [0.15, 0.2) is 48.7 Å². The third-order valence-corrected chi connectivity index (χ3v) is 3.48. The van der Waals surface area contributed by atoms with E-state index in [1.165, 1.54) is 6.20 Å². The van der Waals surface area contributed by atoms with Gasteiger partial charge in [0.1, 0.15) is 5.75 Å². The molecule has 0 aliphatic heterocycles. The number of methoxy groups -OCH3 is 1. The second-order valence-electron chi connectivity index (χ2n) is 4.80. The van der Waals surface area contributed by atoms with E-state index < -0.39 is 0 Å². The fraction of sp³-hybridized carbons (Fsp3) is 0.0625. The van der Waals surface area contributed by atoms with Crippen molar-refractivity contribution >= 4 is 46.3 Å². The van der Waals surface area contributed by atoms with Crippen molar-refractivity contribution in [1.29, 1.82) is 0 Å². The van der Waals surface area contributed by atoms with Crippen molar-refractivity contribution in [3.63, 3.8) is 0 Å². The van der Waals surface area contributed by atoms with Gasteiger partial charge in [0.2, 0.25) is 5.95 Å². The topological polar surface area (TPSA) is 72.0 Å². The van der Waals surface area contributed by atoms with Crippen LogP contribution in [-0.2, 0) is 0 Å². The molecule has 0 atom stereocenters. The van der Waals surface area contributed by atoms with Crippen LogP contribution in [0.2, 0.25) is 10.0 Å². The number of nitrogens with zero attached hydrogens (tertiary/aromatic N) is 3. The first-order valence-corrected chi connectivity index (χ1v) is 7.72. The SMILES string of the molecule is COc1ccc(Nc2nncc(Nc3cc(Cl)cc(Cl)c3)n2)cc1. The number of rotatable bonds is 5. The molecule has 0 saturated heterocycles. The van der Waals surface area contributed by atoms with Crippen molar-refractivity contribution in [1.82, 2.24) is 15.2 Å². The normalized spacial score (nSPS) is 10.3. The highest BCUT2D eigenvalue weighted by molar-refractivity contribution is 6.35. The second kappa shape index (κ2) is 7.33. The molecule has 3 aromatic rings. The molecule has 6 nitrogen and oxygen atoms in total. The van der Waals surface area contributed by atoms with E-state index >= 15 is 0 Å². The molecule has 0 fully saturated rings. The molecule has 0 spiro atoms. The first-order chi connectivity index (χ1) is 11.6. The van der Waals surface area contributed by atoms with Gasteiger partial charge in [-0.05, 0) is 42.5 Å². The first-order valence-electron chi connectivity index (χ1n) is 6.96. The Morgan fingerprint density at radius 3 is 2.29 bits per heavy atom. The van der Waals surface area contributed by atoms with Gasteiger partial charge in [-0.25, -0.2) is 0 Å². The molecule has 122 valence electrons. The van der Waals surface area contributed by atoms with Gasteiger partial charge >= 0.3 is 0 Å². The van der Waals surface area contributed by atoms with E-state index in [0.717, 1.165) is 11.4 Å². The molecule has 2 aromatic carbocycles. The highest BCUT2D eigenvalue weighted by atomic mass is 35.5. The number of ether oxygens (including phenoxy) is 1. The zero-order valence-corrected chi connectivity index (χ0v) is 14.1. The third-order valence-electron chi connectivity index (χ3n) is 3.04. The number of hydrogen-bond acceptors (Lipinski definition) is 6. The van der Waals surface area contributed by atoms with E-state index in [-0.39, 0.29) is 0 Å². The van der Waals surface area contributed by atoms with Crippen molar-refractivity contribution in [3.05, 3.63) is 58.7 Å². The fourth-order valence-corrected chi connectivity index (χ4v) is 2.52. The average Bonchev–Trinajstić information content (AvgIpc) is 2.55. The molecule has 0 saturated carbocycles. The standard InChI is InChI=1S/C16H13Cl2N5O/c1-24-14-4-2-12(3-5-14)21-16-22-15(9-19-23-16)20-13-7-10(17)6-11(18)8-13/h2-9H,1H3,(H2,20,21,22,23). The van der Waals surface area contributed by atoms with Gasteiger partial charge in [-0.15, -0.1) is 5.10 Å². The van der Waals surface area contributed by atoms with Crippen LogP contribution in [0, 0.1) is 0 Å².